The predicted molar refractivity (Wildman–Crippen MR) is 62.9 cm³/mol. The van der Waals surface area contributed by atoms with Crippen molar-refractivity contribution < 1.29 is 8.42 Å². The van der Waals surface area contributed by atoms with Crippen LogP contribution in [-0.2, 0) is 10.0 Å². The molecule has 0 radical (unpaired) electrons. The largest absolute Gasteiger partial charge is 0.313 e. The maximum atomic E-state index is 11.8. The van der Waals surface area contributed by atoms with E-state index >= 15 is 0 Å². The van der Waals surface area contributed by atoms with Gasteiger partial charge in [0.05, 0.1) is 5.25 Å². The first kappa shape index (κ1) is 11.7. The summed E-state index contributed by atoms with van der Waals surface area (Å²) in [6.45, 7) is 2.15. The van der Waals surface area contributed by atoms with E-state index in [1.54, 1.807) is 6.92 Å². The minimum absolute atomic E-state index is 0.318. The third-order valence-corrected chi connectivity index (χ3v) is 4.83. The van der Waals surface area contributed by atoms with E-state index in [0.29, 0.717) is 17.7 Å². The fourth-order valence-corrected chi connectivity index (χ4v) is 2.80. The molecule has 0 spiro atoms. The summed E-state index contributed by atoms with van der Waals surface area (Å²) in [5.41, 5.74) is 1.49. The van der Waals surface area contributed by atoms with Gasteiger partial charge in [0.15, 0.2) is 0 Å². The summed E-state index contributed by atoms with van der Waals surface area (Å²) < 4.78 is 26.1. The van der Waals surface area contributed by atoms with Crippen LogP contribution in [-0.4, -0.2) is 36.5 Å². The van der Waals surface area contributed by atoms with E-state index in [4.69, 9.17) is 0 Å². The molecule has 90 valence electrons. The molecule has 2 N–H and O–H groups in total. The van der Waals surface area contributed by atoms with Crippen molar-refractivity contribution >= 4 is 26.5 Å². The van der Waals surface area contributed by atoms with Gasteiger partial charge in [-0.3, -0.25) is 4.72 Å². The second-order valence-corrected chi connectivity index (χ2v) is 6.82. The molecule has 1 aromatic heterocycles. The normalized spacial score (nSPS) is 18.3. The Morgan fingerprint density at radius 2 is 2.38 bits per heavy atom. The Kier molecular flexibility index (Phi) is 3.41. The van der Waals surface area contributed by atoms with E-state index in [2.05, 4.69) is 20.2 Å². The minimum Gasteiger partial charge on any atom is -0.313 e. The molecule has 0 amide bonds. The second kappa shape index (κ2) is 4.64. The first-order chi connectivity index (χ1) is 7.58. The monoisotopic (exact) mass is 262 g/mol. The molecular formula is C8H14N4O2S2. The summed E-state index contributed by atoms with van der Waals surface area (Å²) in [5, 5.41) is 10.3. The average Bonchev–Trinajstić information content (AvgIpc) is 2.93. The van der Waals surface area contributed by atoms with E-state index in [1.165, 1.54) is 16.8 Å². The topological polar surface area (TPSA) is 84.0 Å². The quantitative estimate of drug-likeness (QED) is 0.776. The van der Waals surface area contributed by atoms with Crippen molar-refractivity contribution in [2.24, 2.45) is 0 Å². The van der Waals surface area contributed by atoms with Crippen LogP contribution in [0.25, 0.3) is 0 Å². The van der Waals surface area contributed by atoms with Crippen LogP contribution in [0.3, 0.4) is 0 Å². The standard InChI is InChI=1S/C8H14N4O2S2/c1-6(4-9-7-2-3-7)16(13,14)12-8-11-10-5-15-8/h5-7,9H,2-4H2,1H3,(H,11,12). The molecule has 2 rings (SSSR count). The molecule has 0 saturated heterocycles. The van der Waals surface area contributed by atoms with Crippen molar-refractivity contribution in [1.29, 1.82) is 0 Å². The molecule has 1 aliphatic rings. The van der Waals surface area contributed by atoms with E-state index in [-0.39, 0.29) is 0 Å². The summed E-state index contributed by atoms with van der Waals surface area (Å²) in [4.78, 5) is 0. The van der Waals surface area contributed by atoms with Gasteiger partial charge in [-0.25, -0.2) is 8.42 Å². The molecule has 0 bridgehead atoms. The third-order valence-electron chi connectivity index (χ3n) is 2.39. The number of hydrogen-bond donors (Lipinski definition) is 2. The number of hydrogen-bond acceptors (Lipinski definition) is 6. The Bertz CT molecular complexity index is 427. The maximum Gasteiger partial charge on any atom is 0.238 e. The van der Waals surface area contributed by atoms with Gasteiger partial charge in [-0.05, 0) is 19.8 Å². The molecule has 8 heteroatoms. The lowest BCUT2D eigenvalue weighted by Gasteiger charge is -2.13. The van der Waals surface area contributed by atoms with Gasteiger partial charge in [-0.15, -0.1) is 10.2 Å². The highest BCUT2D eigenvalue weighted by molar-refractivity contribution is 7.93. The van der Waals surface area contributed by atoms with Crippen LogP contribution in [0.2, 0.25) is 0 Å². The number of sulfonamides is 1. The molecule has 1 atom stereocenters. The highest BCUT2D eigenvalue weighted by Gasteiger charge is 2.26. The maximum absolute atomic E-state index is 11.8. The lowest BCUT2D eigenvalue weighted by atomic mass is 10.4. The number of nitrogens with one attached hydrogen (secondary N) is 2. The van der Waals surface area contributed by atoms with Crippen molar-refractivity contribution in [1.82, 2.24) is 15.5 Å². The van der Waals surface area contributed by atoms with E-state index < -0.39 is 15.3 Å². The molecule has 1 saturated carbocycles. The molecule has 0 aromatic carbocycles. The van der Waals surface area contributed by atoms with Gasteiger partial charge in [0, 0.05) is 12.6 Å². The van der Waals surface area contributed by atoms with Crippen LogP contribution in [0, 0.1) is 0 Å². The first-order valence-electron chi connectivity index (χ1n) is 5.09. The molecule has 1 unspecified atom stereocenters. The van der Waals surface area contributed by atoms with Gasteiger partial charge in [0.1, 0.15) is 5.51 Å². The Morgan fingerprint density at radius 1 is 1.62 bits per heavy atom. The summed E-state index contributed by atoms with van der Waals surface area (Å²) >= 11 is 1.17. The van der Waals surface area contributed by atoms with Crippen LogP contribution in [0.15, 0.2) is 5.51 Å². The first-order valence-corrected chi connectivity index (χ1v) is 7.52. The Balaban J connectivity index is 1.89. The van der Waals surface area contributed by atoms with E-state index in [9.17, 15) is 8.42 Å². The Hall–Kier alpha value is -0.730. The molecule has 1 heterocycles. The predicted octanol–water partition coefficient (Wildman–Crippen LogP) is 0.420. The number of rotatable bonds is 6. The van der Waals surface area contributed by atoms with E-state index in [1.807, 2.05) is 0 Å². The minimum atomic E-state index is -3.36. The van der Waals surface area contributed by atoms with Crippen molar-refractivity contribution in [3.05, 3.63) is 5.51 Å². The zero-order valence-electron chi connectivity index (χ0n) is 8.88. The van der Waals surface area contributed by atoms with Gasteiger partial charge in [-0.1, -0.05) is 11.3 Å². The summed E-state index contributed by atoms with van der Waals surface area (Å²) in [7, 11) is -3.36. The second-order valence-electron chi connectivity index (χ2n) is 3.88. The summed E-state index contributed by atoms with van der Waals surface area (Å²) in [6, 6.07) is 0.513. The Morgan fingerprint density at radius 3 is 2.94 bits per heavy atom. The number of nitrogens with zero attached hydrogens (tertiary/aromatic N) is 2. The van der Waals surface area contributed by atoms with Gasteiger partial charge >= 0.3 is 0 Å². The van der Waals surface area contributed by atoms with E-state index in [0.717, 1.165) is 12.8 Å². The van der Waals surface area contributed by atoms with Crippen molar-refractivity contribution in [3.63, 3.8) is 0 Å². The molecule has 1 aliphatic carbocycles. The fourth-order valence-electron chi connectivity index (χ4n) is 1.17. The fraction of sp³-hybridized carbons (Fsp3) is 0.750. The molecule has 16 heavy (non-hydrogen) atoms. The molecule has 0 aliphatic heterocycles. The van der Waals surface area contributed by atoms with Gasteiger partial charge in [0.2, 0.25) is 15.2 Å². The van der Waals surface area contributed by atoms with Gasteiger partial charge < -0.3 is 5.32 Å². The summed E-state index contributed by atoms with van der Waals surface area (Å²) in [6.07, 6.45) is 2.30. The van der Waals surface area contributed by atoms with Gasteiger partial charge in [-0.2, -0.15) is 0 Å². The number of anilines is 1. The van der Waals surface area contributed by atoms with Crippen molar-refractivity contribution in [2.75, 3.05) is 11.3 Å². The molecule has 1 fully saturated rings. The SMILES string of the molecule is CC(CNC1CC1)S(=O)(=O)Nc1nncs1. The molecule has 1 aromatic rings. The number of aromatic nitrogens is 2. The highest BCUT2D eigenvalue weighted by atomic mass is 32.2. The average molecular weight is 262 g/mol. The van der Waals surface area contributed by atoms with Crippen molar-refractivity contribution in [2.45, 2.75) is 31.1 Å². The van der Waals surface area contributed by atoms with Crippen LogP contribution >= 0.6 is 11.3 Å². The molecule has 6 nitrogen and oxygen atoms in total. The lowest BCUT2D eigenvalue weighted by molar-refractivity contribution is 0.576. The third kappa shape index (κ3) is 3.13. The zero-order chi connectivity index (χ0) is 11.6. The van der Waals surface area contributed by atoms with Crippen molar-refractivity contribution in [3.8, 4) is 0 Å². The lowest BCUT2D eigenvalue weighted by Crippen LogP contribution is -2.35. The Labute approximate surface area is 98.5 Å². The van der Waals surface area contributed by atoms with Crippen LogP contribution in [0.1, 0.15) is 19.8 Å². The van der Waals surface area contributed by atoms with Crippen LogP contribution in [0.5, 0.6) is 0 Å². The van der Waals surface area contributed by atoms with Crippen LogP contribution < -0.4 is 10.0 Å². The smallest absolute Gasteiger partial charge is 0.238 e. The summed E-state index contributed by atoms with van der Waals surface area (Å²) in [5.74, 6) is 0. The van der Waals surface area contributed by atoms with Gasteiger partial charge in [0.25, 0.3) is 0 Å². The molecular weight excluding hydrogens is 248 g/mol. The van der Waals surface area contributed by atoms with Crippen LogP contribution in [0.4, 0.5) is 5.13 Å². The zero-order valence-corrected chi connectivity index (χ0v) is 10.5. The highest BCUT2D eigenvalue weighted by Crippen LogP contribution is 2.19.